The minimum absolute atomic E-state index is 0.0268. The Morgan fingerprint density at radius 3 is 2.48 bits per heavy atom. The lowest BCUT2D eigenvalue weighted by molar-refractivity contribution is -0.130. The number of hydrogen-bond acceptors (Lipinski definition) is 4. The van der Waals surface area contributed by atoms with E-state index in [0.717, 1.165) is 18.5 Å². The molecule has 1 aromatic rings. The van der Waals surface area contributed by atoms with Crippen molar-refractivity contribution in [3.63, 3.8) is 0 Å². The van der Waals surface area contributed by atoms with Gasteiger partial charge < -0.3 is 19.4 Å². The maximum Gasteiger partial charge on any atom is 0.409 e. The third-order valence-electron chi connectivity index (χ3n) is 5.41. The number of likely N-dealkylation sites (tertiary alicyclic amines) is 2. The molecule has 2 heterocycles. The summed E-state index contributed by atoms with van der Waals surface area (Å²) in [4.78, 5) is 42.3. The maximum absolute atomic E-state index is 12.8. The van der Waals surface area contributed by atoms with Crippen molar-refractivity contribution in [1.29, 1.82) is 0 Å². The summed E-state index contributed by atoms with van der Waals surface area (Å²) in [5.74, 6) is -0.309. The fourth-order valence-corrected chi connectivity index (χ4v) is 3.88. The van der Waals surface area contributed by atoms with Crippen LogP contribution in [0.4, 0.5) is 10.5 Å². The molecule has 3 amide bonds. The summed E-state index contributed by atoms with van der Waals surface area (Å²) in [7, 11) is 1.75. The highest BCUT2D eigenvalue weighted by molar-refractivity contribution is 5.98. The largest absolute Gasteiger partial charge is 0.450 e. The van der Waals surface area contributed by atoms with Gasteiger partial charge in [0.25, 0.3) is 0 Å². The van der Waals surface area contributed by atoms with Crippen LogP contribution in [0, 0.1) is 5.92 Å². The second-order valence-corrected chi connectivity index (χ2v) is 7.10. The molecule has 7 nitrogen and oxygen atoms in total. The minimum atomic E-state index is -0.314. The zero-order valence-corrected chi connectivity index (χ0v) is 16.0. The van der Waals surface area contributed by atoms with Gasteiger partial charge in [0.05, 0.1) is 12.5 Å². The predicted octanol–water partition coefficient (Wildman–Crippen LogP) is 2.12. The van der Waals surface area contributed by atoms with Gasteiger partial charge in [-0.3, -0.25) is 9.59 Å². The van der Waals surface area contributed by atoms with Gasteiger partial charge in [0.15, 0.2) is 0 Å². The first kappa shape index (κ1) is 19.2. The van der Waals surface area contributed by atoms with E-state index >= 15 is 0 Å². The second-order valence-electron chi connectivity index (χ2n) is 7.10. The van der Waals surface area contributed by atoms with Gasteiger partial charge in [-0.2, -0.15) is 0 Å². The number of nitrogens with zero attached hydrogens (tertiary/aromatic N) is 3. The van der Waals surface area contributed by atoms with Crippen molar-refractivity contribution in [1.82, 2.24) is 9.80 Å². The Kier molecular flexibility index (Phi) is 5.98. The Morgan fingerprint density at radius 2 is 1.85 bits per heavy atom. The van der Waals surface area contributed by atoms with Crippen LogP contribution in [-0.4, -0.2) is 67.0 Å². The number of benzene rings is 1. The highest BCUT2D eigenvalue weighted by Crippen LogP contribution is 2.28. The molecule has 0 N–H and O–H groups in total. The Labute approximate surface area is 159 Å². The number of rotatable bonds is 4. The molecule has 7 heteroatoms. The van der Waals surface area contributed by atoms with E-state index in [0.29, 0.717) is 26.2 Å². The number of ether oxygens (including phenoxy) is 1. The van der Waals surface area contributed by atoms with E-state index in [4.69, 9.17) is 4.74 Å². The molecule has 0 bridgehead atoms. The lowest BCUT2D eigenvalue weighted by Crippen LogP contribution is -2.47. The van der Waals surface area contributed by atoms with Crippen molar-refractivity contribution in [2.24, 2.45) is 5.92 Å². The molecule has 0 aromatic heterocycles. The number of para-hydroxylation sites is 1. The van der Waals surface area contributed by atoms with Crippen molar-refractivity contribution in [2.75, 3.05) is 38.2 Å². The Balaban J connectivity index is 1.56. The van der Waals surface area contributed by atoms with E-state index in [-0.39, 0.29) is 36.3 Å². The molecule has 2 aliphatic heterocycles. The van der Waals surface area contributed by atoms with Gasteiger partial charge in [-0.05, 0) is 31.9 Å². The number of carbonyl (C=O) groups is 3. The van der Waals surface area contributed by atoms with E-state index in [1.807, 2.05) is 35.2 Å². The van der Waals surface area contributed by atoms with E-state index in [1.165, 1.54) is 0 Å². The molecule has 2 saturated heterocycles. The van der Waals surface area contributed by atoms with E-state index < -0.39 is 0 Å². The SMILES string of the molecule is CCOC(=O)N1CCC(N2CC(C(=O)N(C)c3ccccc3)CC2=O)CC1. The van der Waals surface area contributed by atoms with Crippen molar-refractivity contribution >= 4 is 23.6 Å². The molecule has 3 rings (SSSR count). The van der Waals surface area contributed by atoms with Crippen LogP contribution >= 0.6 is 0 Å². The van der Waals surface area contributed by atoms with Gasteiger partial charge in [0.2, 0.25) is 11.8 Å². The van der Waals surface area contributed by atoms with E-state index in [2.05, 4.69) is 0 Å². The Morgan fingerprint density at radius 1 is 1.19 bits per heavy atom. The monoisotopic (exact) mass is 373 g/mol. The third kappa shape index (κ3) is 4.23. The van der Waals surface area contributed by atoms with Crippen molar-refractivity contribution in [3.05, 3.63) is 30.3 Å². The highest BCUT2D eigenvalue weighted by Gasteiger charge is 2.40. The second kappa shape index (κ2) is 8.41. The quantitative estimate of drug-likeness (QED) is 0.811. The zero-order valence-electron chi connectivity index (χ0n) is 16.0. The maximum atomic E-state index is 12.8. The molecule has 2 aliphatic rings. The molecule has 0 aliphatic carbocycles. The molecule has 0 spiro atoms. The topological polar surface area (TPSA) is 70.2 Å². The summed E-state index contributed by atoms with van der Waals surface area (Å²) in [6.45, 7) is 3.77. The van der Waals surface area contributed by atoms with Gasteiger partial charge in [-0.25, -0.2) is 4.79 Å². The van der Waals surface area contributed by atoms with Gasteiger partial charge in [0.1, 0.15) is 0 Å². The van der Waals surface area contributed by atoms with Crippen molar-refractivity contribution in [3.8, 4) is 0 Å². The average Bonchev–Trinajstić information content (AvgIpc) is 3.09. The Hall–Kier alpha value is -2.57. The van der Waals surface area contributed by atoms with Crippen LogP contribution in [0.2, 0.25) is 0 Å². The number of piperidine rings is 1. The smallest absolute Gasteiger partial charge is 0.409 e. The lowest BCUT2D eigenvalue weighted by Gasteiger charge is -2.36. The number of hydrogen-bond donors (Lipinski definition) is 0. The van der Waals surface area contributed by atoms with Crippen molar-refractivity contribution in [2.45, 2.75) is 32.2 Å². The molecule has 2 fully saturated rings. The summed E-state index contributed by atoms with van der Waals surface area (Å²) < 4.78 is 5.04. The first-order valence-electron chi connectivity index (χ1n) is 9.55. The molecule has 146 valence electrons. The standard InChI is InChI=1S/C20H27N3O4/c1-3-27-20(26)22-11-9-17(10-12-22)23-14-15(13-18(23)24)19(25)21(2)16-7-5-4-6-8-16/h4-8,15,17H,3,9-14H2,1-2H3. The number of carbonyl (C=O) groups excluding carboxylic acids is 3. The van der Waals surface area contributed by atoms with Gasteiger partial charge in [-0.15, -0.1) is 0 Å². The molecular weight excluding hydrogens is 346 g/mol. The summed E-state index contributed by atoms with van der Waals surface area (Å²) in [5.41, 5.74) is 0.830. The number of anilines is 1. The normalized spacial score (nSPS) is 20.7. The fraction of sp³-hybridized carbons (Fsp3) is 0.550. The fourth-order valence-electron chi connectivity index (χ4n) is 3.88. The highest BCUT2D eigenvalue weighted by atomic mass is 16.6. The first-order valence-corrected chi connectivity index (χ1v) is 9.55. The van der Waals surface area contributed by atoms with Crippen molar-refractivity contribution < 1.29 is 19.1 Å². The number of amides is 3. The summed E-state index contributed by atoms with van der Waals surface area (Å²) in [6, 6.07) is 9.55. The Bertz CT molecular complexity index is 686. The van der Waals surface area contributed by atoms with Gasteiger partial charge in [0, 0.05) is 44.8 Å². The zero-order chi connectivity index (χ0) is 19.4. The molecule has 0 saturated carbocycles. The molecule has 1 unspecified atom stereocenters. The lowest BCUT2D eigenvalue weighted by atomic mass is 10.0. The van der Waals surface area contributed by atoms with E-state index in [1.54, 1.807) is 23.8 Å². The molecule has 1 atom stereocenters. The average molecular weight is 373 g/mol. The van der Waals surface area contributed by atoms with Crippen LogP contribution in [0.5, 0.6) is 0 Å². The van der Waals surface area contributed by atoms with Gasteiger partial charge >= 0.3 is 6.09 Å². The molecule has 0 radical (unpaired) electrons. The summed E-state index contributed by atoms with van der Waals surface area (Å²) >= 11 is 0. The van der Waals surface area contributed by atoms with E-state index in [9.17, 15) is 14.4 Å². The summed E-state index contributed by atoms with van der Waals surface area (Å²) in [5, 5.41) is 0. The third-order valence-corrected chi connectivity index (χ3v) is 5.41. The minimum Gasteiger partial charge on any atom is -0.450 e. The predicted molar refractivity (Wildman–Crippen MR) is 101 cm³/mol. The van der Waals surface area contributed by atoms with Crippen LogP contribution in [0.1, 0.15) is 26.2 Å². The van der Waals surface area contributed by atoms with Crippen LogP contribution in [0.3, 0.4) is 0 Å². The molecular formula is C20H27N3O4. The van der Waals surface area contributed by atoms with Crippen LogP contribution in [0.15, 0.2) is 30.3 Å². The first-order chi connectivity index (χ1) is 13.0. The van der Waals surface area contributed by atoms with Crippen LogP contribution < -0.4 is 4.90 Å². The summed E-state index contributed by atoms with van der Waals surface area (Å²) in [6.07, 6.45) is 1.41. The molecule has 27 heavy (non-hydrogen) atoms. The molecule has 1 aromatic carbocycles. The van der Waals surface area contributed by atoms with Crippen LogP contribution in [0.25, 0.3) is 0 Å². The van der Waals surface area contributed by atoms with Crippen LogP contribution in [-0.2, 0) is 14.3 Å². The van der Waals surface area contributed by atoms with Gasteiger partial charge in [-0.1, -0.05) is 18.2 Å².